The second kappa shape index (κ2) is 14.3. The van der Waals surface area contributed by atoms with Crippen LogP contribution in [0.1, 0.15) is 52.9 Å². The van der Waals surface area contributed by atoms with E-state index in [1.165, 1.54) is 32.4 Å². The molecule has 0 N–H and O–H groups in total. The smallest absolute Gasteiger partial charge is 0.209 e. The lowest BCUT2D eigenvalue weighted by Crippen LogP contribution is -2.33. The van der Waals surface area contributed by atoms with Crippen molar-refractivity contribution in [3.63, 3.8) is 0 Å². The van der Waals surface area contributed by atoms with Crippen molar-refractivity contribution < 1.29 is 9.53 Å². The summed E-state index contributed by atoms with van der Waals surface area (Å²) in [7, 11) is 2.17. The van der Waals surface area contributed by atoms with Gasteiger partial charge < -0.3 is 14.5 Å². The maximum atomic E-state index is 10.4. The second-order valence-electron chi connectivity index (χ2n) is 5.96. The van der Waals surface area contributed by atoms with Gasteiger partial charge in [-0.05, 0) is 58.7 Å². The second-order valence-corrected chi connectivity index (χ2v) is 5.96. The van der Waals surface area contributed by atoms with Gasteiger partial charge >= 0.3 is 0 Å². The Morgan fingerprint density at radius 3 is 1.90 bits per heavy atom. The van der Waals surface area contributed by atoms with Crippen molar-refractivity contribution in [2.24, 2.45) is 5.92 Å². The number of hydrogen-bond acceptors (Lipinski definition) is 3. The van der Waals surface area contributed by atoms with Gasteiger partial charge in [0.15, 0.2) is 0 Å². The van der Waals surface area contributed by atoms with Crippen molar-refractivity contribution in [2.75, 3.05) is 46.4 Å². The fourth-order valence-electron chi connectivity index (χ4n) is 2.38. The summed E-state index contributed by atoms with van der Waals surface area (Å²) in [5.41, 5.74) is 0. The van der Waals surface area contributed by atoms with E-state index in [4.69, 9.17) is 4.74 Å². The molecule has 0 atom stereocenters. The molecule has 2 aliphatic rings. The van der Waals surface area contributed by atoms with E-state index in [9.17, 15) is 4.79 Å². The van der Waals surface area contributed by atoms with Gasteiger partial charge in [0.1, 0.15) is 0 Å². The van der Waals surface area contributed by atoms with Gasteiger partial charge in [0.2, 0.25) is 6.41 Å². The highest BCUT2D eigenvalue weighted by Crippen LogP contribution is 2.15. The van der Waals surface area contributed by atoms with Crippen LogP contribution in [0.4, 0.5) is 0 Å². The lowest BCUT2D eigenvalue weighted by atomic mass is 9.98. The Hall–Kier alpha value is -0.610. The van der Waals surface area contributed by atoms with Crippen molar-refractivity contribution in [1.29, 1.82) is 0 Å². The molecule has 2 saturated heterocycles. The van der Waals surface area contributed by atoms with Gasteiger partial charge in [-0.25, -0.2) is 0 Å². The van der Waals surface area contributed by atoms with E-state index in [-0.39, 0.29) is 0 Å². The molecule has 0 aromatic heterocycles. The number of likely N-dealkylation sites (tertiary alicyclic amines) is 2. The zero-order valence-corrected chi connectivity index (χ0v) is 14.6. The summed E-state index contributed by atoms with van der Waals surface area (Å²) in [5, 5.41) is 0. The number of hydrogen-bond donors (Lipinski definition) is 0. The maximum Gasteiger partial charge on any atom is 0.209 e. The molecule has 0 spiro atoms. The van der Waals surface area contributed by atoms with Crippen LogP contribution in [0, 0.1) is 5.92 Å². The first-order valence-electron chi connectivity index (χ1n) is 8.63. The monoisotopic (exact) mass is 300 g/mol. The number of ether oxygens (including phenoxy) is 1. The molecule has 4 heteroatoms. The van der Waals surface area contributed by atoms with Gasteiger partial charge in [-0.1, -0.05) is 20.3 Å². The average molecular weight is 300 g/mol. The normalized spacial score (nSPS) is 19.3. The Morgan fingerprint density at radius 2 is 1.57 bits per heavy atom. The van der Waals surface area contributed by atoms with Crippen LogP contribution in [-0.2, 0) is 9.53 Å². The quantitative estimate of drug-likeness (QED) is 0.748. The Morgan fingerprint density at radius 1 is 1.05 bits per heavy atom. The minimum absolute atomic E-state index is 0.668. The molecular formula is C17H36N2O2. The van der Waals surface area contributed by atoms with Crippen molar-refractivity contribution in [2.45, 2.75) is 52.9 Å². The van der Waals surface area contributed by atoms with E-state index in [1.807, 2.05) is 11.8 Å². The largest absolute Gasteiger partial charge is 0.381 e. The molecule has 0 aliphatic carbocycles. The van der Waals surface area contributed by atoms with Crippen LogP contribution in [0.25, 0.3) is 0 Å². The van der Waals surface area contributed by atoms with Crippen molar-refractivity contribution >= 4 is 6.41 Å². The molecule has 0 aromatic rings. The molecule has 21 heavy (non-hydrogen) atoms. The summed E-state index contributed by atoms with van der Waals surface area (Å²) in [6.45, 7) is 12.4. The highest BCUT2D eigenvalue weighted by molar-refractivity contribution is 5.47. The molecule has 0 bridgehead atoms. The summed E-state index contributed by atoms with van der Waals surface area (Å²) in [6.07, 6.45) is 7.21. The topological polar surface area (TPSA) is 32.8 Å². The average Bonchev–Trinajstić information content (AvgIpc) is 2.98. The first-order valence-corrected chi connectivity index (χ1v) is 8.63. The minimum atomic E-state index is 0.668. The van der Waals surface area contributed by atoms with Gasteiger partial charge in [-0.3, -0.25) is 4.79 Å². The maximum absolute atomic E-state index is 10.4. The summed E-state index contributed by atoms with van der Waals surface area (Å²) in [4.78, 5) is 14.6. The van der Waals surface area contributed by atoms with Crippen molar-refractivity contribution in [1.82, 2.24) is 9.80 Å². The predicted octanol–water partition coefficient (Wildman–Crippen LogP) is 3.02. The van der Waals surface area contributed by atoms with E-state index >= 15 is 0 Å². The number of nitrogens with zero attached hydrogens (tertiary/aromatic N) is 2. The Labute approximate surface area is 131 Å². The molecule has 2 rings (SSSR count). The van der Waals surface area contributed by atoms with Crippen LogP contribution in [-0.4, -0.2) is 62.7 Å². The third kappa shape index (κ3) is 11.7. The van der Waals surface area contributed by atoms with Gasteiger partial charge in [0.05, 0.1) is 0 Å². The number of carbonyl (C=O) groups excluding carboxylic acids is 1. The van der Waals surface area contributed by atoms with Crippen LogP contribution >= 0.6 is 0 Å². The summed E-state index contributed by atoms with van der Waals surface area (Å²) in [6, 6.07) is 0. The van der Waals surface area contributed by atoms with Gasteiger partial charge in [-0.15, -0.1) is 0 Å². The molecule has 4 nitrogen and oxygen atoms in total. The fourth-order valence-corrected chi connectivity index (χ4v) is 2.38. The first-order chi connectivity index (χ1) is 10.2. The third-order valence-corrected chi connectivity index (χ3v) is 3.69. The number of piperidine rings is 1. The molecule has 1 amide bonds. The van der Waals surface area contributed by atoms with Gasteiger partial charge in [-0.2, -0.15) is 0 Å². The summed E-state index contributed by atoms with van der Waals surface area (Å²) in [5.74, 6) is 0.668. The zero-order chi connectivity index (χ0) is 15.9. The summed E-state index contributed by atoms with van der Waals surface area (Å²) >= 11 is 0. The highest BCUT2D eigenvalue weighted by Gasteiger charge is 2.17. The van der Waals surface area contributed by atoms with Crippen LogP contribution in [0.15, 0.2) is 0 Å². The van der Waals surface area contributed by atoms with E-state index in [1.54, 1.807) is 0 Å². The van der Waals surface area contributed by atoms with Crippen molar-refractivity contribution in [3.8, 4) is 0 Å². The molecule has 0 unspecified atom stereocenters. The fraction of sp³-hybridized carbons (Fsp3) is 0.941. The van der Waals surface area contributed by atoms with Gasteiger partial charge in [0.25, 0.3) is 0 Å². The van der Waals surface area contributed by atoms with Crippen LogP contribution in [0.2, 0.25) is 0 Å². The molecule has 2 heterocycles. The number of rotatable bonds is 4. The molecule has 0 radical (unpaired) electrons. The van der Waals surface area contributed by atoms with E-state index < -0.39 is 0 Å². The number of amides is 1. The molecule has 0 saturated carbocycles. The van der Waals surface area contributed by atoms with Crippen LogP contribution in [0.5, 0.6) is 0 Å². The van der Waals surface area contributed by atoms with E-state index in [2.05, 4.69) is 25.8 Å². The first kappa shape index (κ1) is 20.4. The minimum Gasteiger partial charge on any atom is -0.381 e. The standard InChI is InChI=1S/C9H17NO2.C5H11N.C3H8/c1-2-12-7-9-3-5-10(8-11)6-4-9;1-6-4-2-3-5-6;1-3-2/h8-9H,2-7H2,1H3;2-5H2,1H3;3H2,1-2H3. The highest BCUT2D eigenvalue weighted by atomic mass is 16.5. The van der Waals surface area contributed by atoms with Gasteiger partial charge in [0, 0.05) is 26.3 Å². The molecule has 2 aliphatic heterocycles. The van der Waals surface area contributed by atoms with E-state index in [0.717, 1.165) is 45.6 Å². The molecule has 2 fully saturated rings. The molecule has 126 valence electrons. The predicted molar refractivity (Wildman–Crippen MR) is 89.6 cm³/mol. The number of carbonyl (C=O) groups is 1. The van der Waals surface area contributed by atoms with Crippen LogP contribution < -0.4 is 0 Å². The Kier molecular flexibility index (Phi) is 13.9. The van der Waals surface area contributed by atoms with E-state index in [0.29, 0.717) is 5.92 Å². The zero-order valence-electron chi connectivity index (χ0n) is 14.6. The lowest BCUT2D eigenvalue weighted by Gasteiger charge is -2.28. The Bertz CT molecular complexity index is 223. The molecule has 0 aromatic carbocycles. The summed E-state index contributed by atoms with van der Waals surface area (Å²) < 4.78 is 5.33. The van der Waals surface area contributed by atoms with Crippen molar-refractivity contribution in [3.05, 3.63) is 0 Å². The molecular weight excluding hydrogens is 264 g/mol. The van der Waals surface area contributed by atoms with Crippen LogP contribution in [0.3, 0.4) is 0 Å². The lowest BCUT2D eigenvalue weighted by molar-refractivity contribution is -0.119. The Balaban J connectivity index is 0.000000369. The third-order valence-electron chi connectivity index (χ3n) is 3.69. The SMILES string of the molecule is CCC.CCOCC1CCN(C=O)CC1.CN1CCCC1.